The molecule has 1 atom stereocenters. The number of carbonyl (C=O) groups is 1. The first kappa shape index (κ1) is 17.7. The fraction of sp³-hybridized carbons (Fsp3) is 0.158. The summed E-state index contributed by atoms with van der Waals surface area (Å²) in [5.41, 5.74) is 0.858. The van der Waals surface area contributed by atoms with Crippen LogP contribution >= 0.6 is 0 Å². The number of aryl methyl sites for hydroxylation is 1. The van der Waals surface area contributed by atoms with E-state index in [1.807, 2.05) is 0 Å². The first-order valence-electron chi connectivity index (χ1n) is 7.90. The molecule has 3 aromatic rings. The SMILES string of the molecule is Cn1ccnc1[C@@H](NC(=O)Cc1cccc(F)c1)c1ccc(F)c(F)c1. The Morgan fingerprint density at radius 1 is 1.15 bits per heavy atom. The molecular formula is C19H16F3N3O. The lowest BCUT2D eigenvalue weighted by Gasteiger charge is -2.19. The lowest BCUT2D eigenvalue weighted by atomic mass is 10.0. The molecule has 7 heteroatoms. The molecule has 1 aromatic heterocycles. The van der Waals surface area contributed by atoms with E-state index in [2.05, 4.69) is 10.3 Å². The highest BCUT2D eigenvalue weighted by Gasteiger charge is 2.22. The van der Waals surface area contributed by atoms with Crippen LogP contribution in [0.1, 0.15) is 23.0 Å². The zero-order valence-electron chi connectivity index (χ0n) is 13.9. The van der Waals surface area contributed by atoms with Crippen molar-refractivity contribution in [2.45, 2.75) is 12.5 Å². The molecule has 26 heavy (non-hydrogen) atoms. The van der Waals surface area contributed by atoms with Crippen molar-refractivity contribution in [2.75, 3.05) is 0 Å². The molecular weight excluding hydrogens is 343 g/mol. The Balaban J connectivity index is 1.87. The van der Waals surface area contributed by atoms with Gasteiger partial charge < -0.3 is 9.88 Å². The minimum atomic E-state index is -1.01. The maximum atomic E-state index is 13.7. The number of nitrogens with one attached hydrogen (secondary N) is 1. The maximum absolute atomic E-state index is 13.7. The Bertz CT molecular complexity index is 939. The van der Waals surface area contributed by atoms with Crippen LogP contribution in [-0.2, 0) is 18.3 Å². The van der Waals surface area contributed by atoms with Gasteiger partial charge in [0.05, 0.1) is 6.42 Å². The summed E-state index contributed by atoms with van der Waals surface area (Å²) in [5, 5.41) is 2.76. The van der Waals surface area contributed by atoms with Crippen molar-refractivity contribution in [3.8, 4) is 0 Å². The summed E-state index contributed by atoms with van der Waals surface area (Å²) in [7, 11) is 1.73. The van der Waals surface area contributed by atoms with E-state index in [9.17, 15) is 18.0 Å². The largest absolute Gasteiger partial charge is 0.342 e. The fourth-order valence-electron chi connectivity index (χ4n) is 2.69. The molecule has 0 fully saturated rings. The first-order chi connectivity index (χ1) is 12.4. The van der Waals surface area contributed by atoms with Crippen LogP contribution < -0.4 is 5.32 Å². The number of nitrogens with zero attached hydrogens (tertiary/aromatic N) is 2. The molecule has 0 spiro atoms. The van der Waals surface area contributed by atoms with Crippen LogP contribution in [0.3, 0.4) is 0 Å². The van der Waals surface area contributed by atoms with E-state index in [0.717, 1.165) is 12.1 Å². The Morgan fingerprint density at radius 2 is 1.96 bits per heavy atom. The summed E-state index contributed by atoms with van der Waals surface area (Å²) in [6.45, 7) is 0. The minimum Gasteiger partial charge on any atom is -0.342 e. The molecule has 0 aliphatic heterocycles. The van der Waals surface area contributed by atoms with Crippen molar-refractivity contribution in [1.82, 2.24) is 14.9 Å². The third-order valence-corrected chi connectivity index (χ3v) is 3.95. The summed E-state index contributed by atoms with van der Waals surface area (Å²) >= 11 is 0. The number of benzene rings is 2. The molecule has 134 valence electrons. The van der Waals surface area contributed by atoms with Gasteiger partial charge in [-0.05, 0) is 35.4 Å². The highest BCUT2D eigenvalue weighted by atomic mass is 19.2. The van der Waals surface area contributed by atoms with E-state index in [4.69, 9.17) is 0 Å². The van der Waals surface area contributed by atoms with Crippen molar-refractivity contribution in [1.29, 1.82) is 0 Å². The van der Waals surface area contributed by atoms with Crippen LogP contribution in [0.5, 0.6) is 0 Å². The quantitative estimate of drug-likeness (QED) is 0.760. The van der Waals surface area contributed by atoms with Gasteiger partial charge in [0, 0.05) is 19.4 Å². The number of amides is 1. The van der Waals surface area contributed by atoms with Gasteiger partial charge in [-0.15, -0.1) is 0 Å². The standard InChI is InChI=1S/C19H16F3N3O/c1-25-8-7-23-19(25)18(13-5-6-15(21)16(22)11-13)24-17(26)10-12-3-2-4-14(20)9-12/h2-9,11,18H,10H2,1H3,(H,24,26)/t18-/m0/s1. The van der Waals surface area contributed by atoms with Crippen molar-refractivity contribution in [3.05, 3.63) is 89.3 Å². The third-order valence-electron chi connectivity index (χ3n) is 3.95. The van der Waals surface area contributed by atoms with Crippen LogP contribution in [0.15, 0.2) is 54.9 Å². The number of imidazole rings is 1. The second-order valence-corrected chi connectivity index (χ2v) is 5.88. The summed E-state index contributed by atoms with van der Waals surface area (Å²) in [4.78, 5) is 16.6. The molecule has 3 rings (SSSR count). The normalized spacial score (nSPS) is 12.0. The fourth-order valence-corrected chi connectivity index (χ4v) is 2.69. The van der Waals surface area contributed by atoms with E-state index in [1.165, 1.54) is 24.3 Å². The van der Waals surface area contributed by atoms with E-state index >= 15 is 0 Å². The molecule has 0 bridgehead atoms. The number of hydrogen-bond donors (Lipinski definition) is 1. The Kier molecular flexibility index (Phi) is 5.06. The van der Waals surface area contributed by atoms with Gasteiger partial charge in [0.25, 0.3) is 0 Å². The first-order valence-corrected chi connectivity index (χ1v) is 7.90. The lowest BCUT2D eigenvalue weighted by Crippen LogP contribution is -2.32. The Labute approximate surface area is 148 Å². The zero-order chi connectivity index (χ0) is 18.7. The number of aromatic nitrogens is 2. The molecule has 0 aliphatic rings. The minimum absolute atomic E-state index is 0.0532. The zero-order valence-corrected chi connectivity index (χ0v) is 13.9. The van der Waals surface area contributed by atoms with Gasteiger partial charge >= 0.3 is 0 Å². The van der Waals surface area contributed by atoms with Gasteiger partial charge in [-0.1, -0.05) is 18.2 Å². The predicted molar refractivity (Wildman–Crippen MR) is 89.7 cm³/mol. The molecule has 2 aromatic carbocycles. The van der Waals surface area contributed by atoms with Gasteiger partial charge in [-0.3, -0.25) is 4.79 Å². The lowest BCUT2D eigenvalue weighted by molar-refractivity contribution is -0.121. The van der Waals surface area contributed by atoms with Crippen molar-refractivity contribution >= 4 is 5.91 Å². The van der Waals surface area contributed by atoms with Gasteiger partial charge in [0.2, 0.25) is 5.91 Å². The number of halogens is 3. The van der Waals surface area contributed by atoms with E-state index in [1.54, 1.807) is 30.1 Å². The highest BCUT2D eigenvalue weighted by molar-refractivity contribution is 5.79. The van der Waals surface area contributed by atoms with Gasteiger partial charge in [-0.25, -0.2) is 18.2 Å². The second kappa shape index (κ2) is 7.43. The van der Waals surface area contributed by atoms with Crippen LogP contribution in [-0.4, -0.2) is 15.5 Å². The smallest absolute Gasteiger partial charge is 0.225 e. The van der Waals surface area contributed by atoms with Crippen LogP contribution in [0.4, 0.5) is 13.2 Å². The van der Waals surface area contributed by atoms with Crippen molar-refractivity contribution < 1.29 is 18.0 Å². The van der Waals surface area contributed by atoms with Crippen LogP contribution in [0, 0.1) is 17.5 Å². The van der Waals surface area contributed by atoms with Crippen LogP contribution in [0.2, 0.25) is 0 Å². The monoisotopic (exact) mass is 359 g/mol. The van der Waals surface area contributed by atoms with Gasteiger partial charge in [0.1, 0.15) is 17.7 Å². The van der Waals surface area contributed by atoms with E-state index < -0.39 is 29.4 Å². The number of rotatable bonds is 5. The average Bonchev–Trinajstić information content (AvgIpc) is 3.01. The average molecular weight is 359 g/mol. The molecule has 0 aliphatic carbocycles. The number of hydrogen-bond acceptors (Lipinski definition) is 2. The van der Waals surface area contributed by atoms with Gasteiger partial charge in [-0.2, -0.15) is 0 Å². The molecule has 0 saturated heterocycles. The van der Waals surface area contributed by atoms with Crippen molar-refractivity contribution in [2.24, 2.45) is 7.05 Å². The van der Waals surface area contributed by atoms with E-state index in [0.29, 0.717) is 17.0 Å². The predicted octanol–water partition coefficient (Wildman–Crippen LogP) is 3.29. The molecule has 4 nitrogen and oxygen atoms in total. The Hall–Kier alpha value is -3.09. The summed E-state index contributed by atoms with van der Waals surface area (Å²) < 4.78 is 41.9. The Morgan fingerprint density at radius 3 is 2.62 bits per heavy atom. The molecule has 1 heterocycles. The van der Waals surface area contributed by atoms with Crippen LogP contribution in [0.25, 0.3) is 0 Å². The highest BCUT2D eigenvalue weighted by Crippen LogP contribution is 2.22. The van der Waals surface area contributed by atoms with E-state index in [-0.39, 0.29) is 6.42 Å². The summed E-state index contributed by atoms with van der Waals surface area (Å²) in [5.74, 6) is -2.35. The van der Waals surface area contributed by atoms with Crippen molar-refractivity contribution in [3.63, 3.8) is 0 Å². The summed E-state index contributed by atoms with van der Waals surface area (Å²) in [6, 6.07) is 8.36. The van der Waals surface area contributed by atoms with Gasteiger partial charge in [0.15, 0.2) is 11.6 Å². The maximum Gasteiger partial charge on any atom is 0.225 e. The molecule has 0 radical (unpaired) electrons. The molecule has 0 saturated carbocycles. The molecule has 1 N–H and O–H groups in total. The third kappa shape index (κ3) is 3.93. The topological polar surface area (TPSA) is 46.9 Å². The number of carbonyl (C=O) groups excluding carboxylic acids is 1. The second-order valence-electron chi connectivity index (χ2n) is 5.88. The molecule has 0 unspecified atom stereocenters. The summed E-state index contributed by atoms with van der Waals surface area (Å²) in [6.07, 6.45) is 3.17. The molecule has 1 amide bonds.